The number of halogens is 2. The average molecular weight is 572 g/mol. The van der Waals surface area contributed by atoms with Crippen molar-refractivity contribution in [3.05, 3.63) is 138 Å². The van der Waals surface area contributed by atoms with Crippen LogP contribution in [-0.4, -0.2) is 15.2 Å². The number of rotatable bonds is 7. The average Bonchev–Trinajstić information content (AvgIpc) is 3.51. The van der Waals surface area contributed by atoms with Crippen molar-refractivity contribution in [3.8, 4) is 45.3 Å². The SMILES string of the molecule is CC(C)(C)c1ccc(-c2nnc(-c3ccc(-c4ccc(CCc5ccc(-c6ccc(F)cc6F)nc5)cc4)cc3)o2)cc1. The Morgan fingerprint density at radius 3 is 1.70 bits per heavy atom. The molecule has 0 atom stereocenters. The molecule has 0 spiro atoms. The van der Waals surface area contributed by atoms with Gasteiger partial charge in [0, 0.05) is 29.0 Å². The summed E-state index contributed by atoms with van der Waals surface area (Å²) in [6.45, 7) is 6.57. The predicted molar refractivity (Wildman–Crippen MR) is 166 cm³/mol. The maximum Gasteiger partial charge on any atom is 0.248 e. The van der Waals surface area contributed by atoms with E-state index in [4.69, 9.17) is 4.42 Å². The van der Waals surface area contributed by atoms with Crippen molar-refractivity contribution in [1.82, 2.24) is 15.2 Å². The van der Waals surface area contributed by atoms with Crippen molar-refractivity contribution >= 4 is 0 Å². The molecule has 6 heteroatoms. The van der Waals surface area contributed by atoms with Gasteiger partial charge in [-0.3, -0.25) is 4.98 Å². The van der Waals surface area contributed by atoms with Crippen LogP contribution >= 0.6 is 0 Å². The molecule has 4 nitrogen and oxygen atoms in total. The Morgan fingerprint density at radius 1 is 0.605 bits per heavy atom. The van der Waals surface area contributed by atoms with Gasteiger partial charge in [0.25, 0.3) is 0 Å². The van der Waals surface area contributed by atoms with Crippen molar-refractivity contribution in [1.29, 1.82) is 0 Å². The van der Waals surface area contributed by atoms with Gasteiger partial charge < -0.3 is 4.42 Å². The van der Waals surface area contributed by atoms with Crippen LogP contribution in [0.3, 0.4) is 0 Å². The van der Waals surface area contributed by atoms with E-state index in [9.17, 15) is 8.78 Å². The van der Waals surface area contributed by atoms with Crippen LogP contribution in [0.2, 0.25) is 0 Å². The monoisotopic (exact) mass is 571 g/mol. The molecule has 2 aromatic heterocycles. The summed E-state index contributed by atoms with van der Waals surface area (Å²) < 4.78 is 33.3. The lowest BCUT2D eigenvalue weighted by Crippen LogP contribution is -2.10. The Kier molecular flexibility index (Phi) is 7.68. The summed E-state index contributed by atoms with van der Waals surface area (Å²) in [5.74, 6) is -0.223. The first-order valence-corrected chi connectivity index (χ1v) is 14.3. The Hall–Kier alpha value is -4.97. The second kappa shape index (κ2) is 11.7. The molecule has 43 heavy (non-hydrogen) atoms. The smallest absolute Gasteiger partial charge is 0.248 e. The molecular weight excluding hydrogens is 540 g/mol. The van der Waals surface area contributed by atoms with Gasteiger partial charge in [0.15, 0.2) is 0 Å². The highest BCUT2D eigenvalue weighted by molar-refractivity contribution is 5.68. The van der Waals surface area contributed by atoms with E-state index in [2.05, 4.69) is 84.5 Å². The molecule has 0 saturated heterocycles. The highest BCUT2D eigenvalue weighted by Gasteiger charge is 2.15. The lowest BCUT2D eigenvalue weighted by Gasteiger charge is -2.18. The lowest BCUT2D eigenvalue weighted by molar-refractivity contribution is 0.582. The number of hydrogen-bond acceptors (Lipinski definition) is 4. The zero-order valence-corrected chi connectivity index (χ0v) is 24.3. The number of pyridine rings is 1. The molecule has 0 radical (unpaired) electrons. The van der Waals surface area contributed by atoms with Crippen LogP contribution < -0.4 is 0 Å². The summed E-state index contributed by atoms with van der Waals surface area (Å²) in [4.78, 5) is 4.38. The fourth-order valence-electron chi connectivity index (χ4n) is 4.96. The fourth-order valence-corrected chi connectivity index (χ4v) is 4.96. The normalized spacial score (nSPS) is 11.6. The molecule has 6 rings (SSSR count). The Bertz CT molecular complexity index is 1840. The van der Waals surface area contributed by atoms with E-state index in [1.54, 1.807) is 12.3 Å². The number of aromatic nitrogens is 3. The van der Waals surface area contributed by atoms with Crippen molar-refractivity contribution in [2.45, 2.75) is 39.0 Å². The van der Waals surface area contributed by atoms with Crippen LogP contribution in [0, 0.1) is 11.6 Å². The van der Waals surface area contributed by atoms with Crippen LogP contribution in [0.5, 0.6) is 0 Å². The molecule has 0 bridgehead atoms. The molecule has 0 aliphatic heterocycles. The summed E-state index contributed by atoms with van der Waals surface area (Å²) in [6.07, 6.45) is 3.41. The largest absolute Gasteiger partial charge is 0.416 e. The zero-order chi connectivity index (χ0) is 30.0. The number of nitrogens with zero attached hydrogens (tertiary/aromatic N) is 3. The molecule has 0 unspecified atom stereocenters. The standard InChI is InChI=1S/C37H31F2N3O/c1-37(2,3)30-17-15-29(16-18-30)36-42-41-35(43-36)28-13-11-27(12-14-28)26-9-6-24(7-10-26)4-5-25-8-21-34(40-23-25)32-20-19-31(38)22-33(32)39/h6-23H,4-5H2,1-3H3. The zero-order valence-electron chi connectivity index (χ0n) is 24.3. The van der Waals surface area contributed by atoms with Crippen LogP contribution in [0.25, 0.3) is 45.3 Å². The van der Waals surface area contributed by atoms with Gasteiger partial charge in [0.05, 0.1) is 5.69 Å². The summed E-state index contributed by atoms with van der Waals surface area (Å²) in [5.41, 5.74) is 8.37. The maximum atomic E-state index is 14.1. The first-order valence-electron chi connectivity index (χ1n) is 14.3. The lowest BCUT2D eigenvalue weighted by atomic mass is 9.87. The molecule has 2 heterocycles. The Balaban J connectivity index is 1.07. The molecule has 0 aliphatic carbocycles. The molecule has 0 fully saturated rings. The van der Waals surface area contributed by atoms with E-state index in [0.717, 1.165) is 46.7 Å². The van der Waals surface area contributed by atoms with Gasteiger partial charge >= 0.3 is 0 Å². The van der Waals surface area contributed by atoms with Crippen molar-refractivity contribution in [3.63, 3.8) is 0 Å². The van der Waals surface area contributed by atoms with Gasteiger partial charge in [-0.25, -0.2) is 8.78 Å². The molecule has 214 valence electrons. The topological polar surface area (TPSA) is 51.8 Å². The van der Waals surface area contributed by atoms with E-state index in [1.807, 2.05) is 30.3 Å². The van der Waals surface area contributed by atoms with Gasteiger partial charge in [-0.2, -0.15) is 0 Å². The van der Waals surface area contributed by atoms with Gasteiger partial charge in [-0.1, -0.05) is 75.4 Å². The quantitative estimate of drug-likeness (QED) is 0.191. The number of benzene rings is 4. The highest BCUT2D eigenvalue weighted by Crippen LogP contribution is 2.29. The number of aryl methyl sites for hydroxylation is 2. The first-order chi connectivity index (χ1) is 20.7. The fraction of sp³-hybridized carbons (Fsp3) is 0.162. The minimum absolute atomic E-state index is 0.0864. The van der Waals surface area contributed by atoms with E-state index in [1.165, 1.54) is 23.3 Å². The van der Waals surface area contributed by atoms with Crippen LogP contribution in [-0.2, 0) is 18.3 Å². The second-order valence-electron chi connectivity index (χ2n) is 11.7. The summed E-state index contributed by atoms with van der Waals surface area (Å²) >= 11 is 0. The van der Waals surface area contributed by atoms with E-state index >= 15 is 0 Å². The molecule has 6 aromatic rings. The summed E-state index contributed by atoms with van der Waals surface area (Å²) in [6, 6.07) is 32.1. The predicted octanol–water partition coefficient (Wildman–Crippen LogP) is 9.49. The van der Waals surface area contributed by atoms with Gasteiger partial charge in [0.1, 0.15) is 11.6 Å². The third-order valence-electron chi connectivity index (χ3n) is 7.58. The Morgan fingerprint density at radius 2 is 1.14 bits per heavy atom. The van der Waals surface area contributed by atoms with Crippen molar-refractivity contribution in [2.24, 2.45) is 0 Å². The first kappa shape index (κ1) is 28.2. The van der Waals surface area contributed by atoms with Gasteiger partial charge in [-0.15, -0.1) is 10.2 Å². The highest BCUT2D eigenvalue weighted by atomic mass is 19.1. The van der Waals surface area contributed by atoms with Crippen LogP contribution in [0.15, 0.2) is 114 Å². The Labute approximate surface area is 250 Å². The van der Waals surface area contributed by atoms with Crippen molar-refractivity contribution < 1.29 is 13.2 Å². The van der Waals surface area contributed by atoms with Gasteiger partial charge in [-0.05, 0) is 88.5 Å². The number of hydrogen-bond donors (Lipinski definition) is 0. The molecule has 0 N–H and O–H groups in total. The van der Waals surface area contributed by atoms with Gasteiger partial charge in [0.2, 0.25) is 11.8 Å². The third kappa shape index (κ3) is 6.44. The molecular formula is C37H31F2N3O. The van der Waals surface area contributed by atoms with Crippen molar-refractivity contribution in [2.75, 3.05) is 0 Å². The minimum atomic E-state index is -0.614. The molecule has 4 aromatic carbocycles. The van der Waals surface area contributed by atoms with E-state index < -0.39 is 11.6 Å². The minimum Gasteiger partial charge on any atom is -0.416 e. The van der Waals surface area contributed by atoms with Crippen LogP contribution in [0.1, 0.15) is 37.5 Å². The maximum absolute atomic E-state index is 14.1. The van der Waals surface area contributed by atoms with Crippen LogP contribution in [0.4, 0.5) is 8.78 Å². The third-order valence-corrected chi connectivity index (χ3v) is 7.58. The second-order valence-corrected chi connectivity index (χ2v) is 11.7. The summed E-state index contributed by atoms with van der Waals surface area (Å²) in [7, 11) is 0. The molecule has 0 saturated carbocycles. The summed E-state index contributed by atoms with van der Waals surface area (Å²) in [5, 5.41) is 8.53. The molecule has 0 aliphatic rings. The van der Waals surface area contributed by atoms with E-state index in [-0.39, 0.29) is 5.41 Å². The molecule has 0 amide bonds. The van der Waals surface area contributed by atoms with E-state index in [0.29, 0.717) is 23.0 Å².